The van der Waals surface area contributed by atoms with Crippen LogP contribution in [0.25, 0.3) is 20.5 Å². The monoisotopic (exact) mass is 854 g/mol. The number of benzene rings is 4. The van der Waals surface area contributed by atoms with E-state index in [2.05, 4.69) is 27.2 Å². The van der Waals surface area contributed by atoms with Gasteiger partial charge < -0.3 is 34.6 Å². The van der Waals surface area contributed by atoms with Crippen LogP contribution < -0.4 is 15.5 Å². The lowest BCUT2D eigenvalue weighted by Crippen LogP contribution is -2.52. The van der Waals surface area contributed by atoms with Gasteiger partial charge in [0.1, 0.15) is 17.5 Å². The second kappa shape index (κ2) is 18.2. The van der Waals surface area contributed by atoms with Crippen molar-refractivity contribution < 1.29 is 39.1 Å². The van der Waals surface area contributed by atoms with Gasteiger partial charge in [-0.15, -0.1) is 11.3 Å². The van der Waals surface area contributed by atoms with Crippen LogP contribution in [0.5, 0.6) is 11.5 Å². The number of nitrogens with one attached hydrogen (secondary N) is 1. The van der Waals surface area contributed by atoms with Gasteiger partial charge in [-0.25, -0.2) is 0 Å². The predicted octanol–water partition coefficient (Wildman–Crippen LogP) is 5.31. The Morgan fingerprint density at radius 3 is 2.23 bits per heavy atom. The molecule has 3 amide bonds. The van der Waals surface area contributed by atoms with E-state index in [0.29, 0.717) is 53.6 Å². The molecular weight excluding hydrogens is 803 g/mol. The van der Waals surface area contributed by atoms with Crippen molar-refractivity contribution in [2.75, 3.05) is 45.9 Å². The molecule has 9 rings (SSSR count). The first-order valence-corrected chi connectivity index (χ1v) is 22.6. The highest BCUT2D eigenvalue weighted by Gasteiger charge is 2.39. The summed E-state index contributed by atoms with van der Waals surface area (Å²) in [6.45, 7) is 7.46. The number of phenolic OH excluding ortho intramolecular Hbond substituents is 1. The molecule has 1 aromatic heterocycles. The van der Waals surface area contributed by atoms with E-state index in [9.17, 15) is 34.3 Å². The number of nitrogens with zero attached hydrogens (tertiary/aromatic N) is 3. The van der Waals surface area contributed by atoms with Crippen LogP contribution in [0.4, 0.5) is 0 Å². The molecule has 62 heavy (non-hydrogen) atoms. The van der Waals surface area contributed by atoms with Gasteiger partial charge in [-0.1, -0.05) is 36.4 Å². The van der Waals surface area contributed by atoms with Crippen LogP contribution in [0.15, 0.2) is 84.9 Å². The van der Waals surface area contributed by atoms with Crippen LogP contribution >= 0.6 is 11.3 Å². The van der Waals surface area contributed by atoms with Crippen LogP contribution in [-0.2, 0) is 16.1 Å². The molecule has 12 nitrogen and oxygen atoms in total. The number of amides is 3. The number of phenols is 1. The summed E-state index contributed by atoms with van der Waals surface area (Å²) in [5, 5.41) is 32.4. The number of imide groups is 1. The van der Waals surface area contributed by atoms with Crippen LogP contribution in [0.2, 0.25) is 0 Å². The summed E-state index contributed by atoms with van der Waals surface area (Å²) in [4.78, 5) is 58.8. The molecule has 0 radical (unpaired) electrons. The fourth-order valence-corrected chi connectivity index (χ4v) is 10.9. The molecule has 14 heteroatoms. The number of thiophene rings is 1. The molecule has 4 aromatic carbocycles. The van der Waals surface area contributed by atoms with Crippen molar-refractivity contribution in [3.05, 3.63) is 113 Å². The third kappa shape index (κ3) is 8.93. The largest absolute Gasteiger partial charge is 0.508 e. The Hall–Kier alpha value is -5.38. The van der Waals surface area contributed by atoms with Gasteiger partial charge in [0, 0.05) is 44.6 Å². The zero-order chi connectivity index (χ0) is 42.9. The van der Waals surface area contributed by atoms with Crippen LogP contribution in [0.3, 0.4) is 0 Å². The SMILES string of the molecule is O=C1CCC(N2Cc3cc(C4CCN(CCCN5CCC(COc6ccc(C(=O)c7c(-c8ccc(B(O)O)cc8)sc8cc(O)ccc78)cc6)CC5)CC4)ccc3C2=O)C(=O)N1. The minimum atomic E-state index is -1.58. The standard InChI is InChI=1S/C48H51BN4O8S/c54-37-9-13-40-42(27-37)62-46(33-2-7-36(8-3-33)49(59)60)44(40)45(56)32-4-10-38(11-5-32)61-29-30-16-22-51(23-17-30)20-1-21-52-24-18-31(19-25-52)34-6-12-39-35(26-34)28-53(48(39)58)41-14-15-43(55)50-47(41)57/h2-13,26-27,30-31,41,54,59-60H,1,14-25,28-29H2,(H,50,55,57). The fraction of sp³-hybridized carbons (Fsp3) is 0.375. The topological polar surface area (TPSA) is 160 Å². The second-order valence-corrected chi connectivity index (χ2v) is 18.3. The molecule has 4 N–H and O–H groups in total. The quantitative estimate of drug-likeness (QED) is 0.0696. The number of rotatable bonds is 13. The Labute approximate surface area is 365 Å². The highest BCUT2D eigenvalue weighted by molar-refractivity contribution is 7.22. The Balaban J connectivity index is 0.704. The summed E-state index contributed by atoms with van der Waals surface area (Å²) in [6.07, 6.45) is 6.11. The number of ketones is 1. The number of piperidine rings is 3. The molecule has 3 fully saturated rings. The molecule has 1 unspecified atom stereocenters. The molecule has 1 atom stereocenters. The number of hydrogen-bond acceptors (Lipinski definition) is 11. The lowest BCUT2D eigenvalue weighted by atomic mass is 9.80. The van der Waals surface area contributed by atoms with Crippen molar-refractivity contribution >= 4 is 57.5 Å². The van der Waals surface area contributed by atoms with E-state index in [1.807, 2.05) is 18.2 Å². The molecule has 5 heterocycles. The molecule has 0 bridgehead atoms. The molecule has 4 aliphatic rings. The summed E-state index contributed by atoms with van der Waals surface area (Å²) >= 11 is 1.41. The number of ether oxygens (including phenoxy) is 1. The minimum absolute atomic E-state index is 0.122. The minimum Gasteiger partial charge on any atom is -0.508 e. The molecular formula is C48H51BN4O8S. The summed E-state index contributed by atoms with van der Waals surface area (Å²) in [6, 6.07) is 24.7. The van der Waals surface area contributed by atoms with Crippen LogP contribution in [-0.4, -0.2) is 112 Å². The Bertz CT molecular complexity index is 2480. The molecule has 4 aliphatic heterocycles. The lowest BCUT2D eigenvalue weighted by Gasteiger charge is -2.34. The van der Waals surface area contributed by atoms with Crippen molar-refractivity contribution in [2.24, 2.45) is 5.92 Å². The van der Waals surface area contributed by atoms with Gasteiger partial charge in [-0.2, -0.15) is 0 Å². The van der Waals surface area contributed by atoms with E-state index in [1.54, 1.807) is 59.5 Å². The van der Waals surface area contributed by atoms with Gasteiger partial charge in [0.15, 0.2) is 5.78 Å². The van der Waals surface area contributed by atoms with Crippen molar-refractivity contribution in [3.63, 3.8) is 0 Å². The van der Waals surface area contributed by atoms with Crippen molar-refractivity contribution in [1.82, 2.24) is 20.0 Å². The summed E-state index contributed by atoms with van der Waals surface area (Å²) in [5.41, 5.74) is 5.14. The van der Waals surface area contributed by atoms with E-state index < -0.39 is 13.2 Å². The smallest absolute Gasteiger partial charge is 0.488 e. The maximum atomic E-state index is 14.0. The normalized spacial score (nSPS) is 19.2. The van der Waals surface area contributed by atoms with Gasteiger partial charge in [-0.3, -0.25) is 24.5 Å². The average Bonchev–Trinajstić information content (AvgIpc) is 3.82. The second-order valence-electron chi connectivity index (χ2n) is 17.2. The van der Waals surface area contributed by atoms with E-state index >= 15 is 0 Å². The molecule has 3 saturated heterocycles. The average molecular weight is 855 g/mol. The number of aromatic hydroxyl groups is 1. The first-order chi connectivity index (χ1) is 30.1. The number of carbonyl (C=O) groups is 4. The number of fused-ring (bicyclic) bond motifs is 2. The zero-order valence-electron chi connectivity index (χ0n) is 34.6. The fourth-order valence-electron chi connectivity index (χ4n) is 9.61. The highest BCUT2D eigenvalue weighted by atomic mass is 32.1. The van der Waals surface area contributed by atoms with Crippen molar-refractivity contribution in [1.29, 1.82) is 0 Å². The highest BCUT2D eigenvalue weighted by Crippen LogP contribution is 2.41. The van der Waals surface area contributed by atoms with Gasteiger partial charge in [0.2, 0.25) is 11.8 Å². The maximum absolute atomic E-state index is 14.0. The van der Waals surface area contributed by atoms with E-state index in [0.717, 1.165) is 103 Å². The zero-order valence-corrected chi connectivity index (χ0v) is 35.4. The Morgan fingerprint density at radius 1 is 0.823 bits per heavy atom. The van der Waals surface area contributed by atoms with Gasteiger partial charge >= 0.3 is 7.12 Å². The Kier molecular flexibility index (Phi) is 12.3. The summed E-state index contributed by atoms with van der Waals surface area (Å²) < 4.78 is 7.02. The first-order valence-electron chi connectivity index (χ1n) is 21.8. The number of hydrogen-bond donors (Lipinski definition) is 4. The van der Waals surface area contributed by atoms with Crippen LogP contribution in [0, 0.1) is 5.92 Å². The summed E-state index contributed by atoms with van der Waals surface area (Å²) in [7, 11) is -1.58. The van der Waals surface area contributed by atoms with E-state index in [1.165, 1.54) is 16.9 Å². The van der Waals surface area contributed by atoms with E-state index in [4.69, 9.17) is 4.74 Å². The van der Waals surface area contributed by atoms with Gasteiger partial charge in [0.25, 0.3) is 5.91 Å². The number of likely N-dealkylation sites (tertiary alicyclic amines) is 2. The molecule has 0 aliphatic carbocycles. The molecule has 5 aromatic rings. The number of carbonyl (C=O) groups excluding carboxylic acids is 4. The van der Waals surface area contributed by atoms with E-state index in [-0.39, 0.29) is 35.7 Å². The Morgan fingerprint density at radius 2 is 1.53 bits per heavy atom. The van der Waals surface area contributed by atoms with Crippen molar-refractivity contribution in [2.45, 2.75) is 63.5 Å². The third-order valence-electron chi connectivity index (χ3n) is 13.2. The third-order valence-corrected chi connectivity index (χ3v) is 14.4. The molecule has 0 spiro atoms. The van der Waals surface area contributed by atoms with Gasteiger partial charge in [-0.05, 0) is 160 Å². The van der Waals surface area contributed by atoms with Crippen LogP contribution in [0.1, 0.15) is 88.3 Å². The summed E-state index contributed by atoms with van der Waals surface area (Å²) in [5.74, 6) is 0.871. The predicted molar refractivity (Wildman–Crippen MR) is 239 cm³/mol. The van der Waals surface area contributed by atoms with Crippen molar-refractivity contribution in [3.8, 4) is 21.9 Å². The lowest BCUT2D eigenvalue weighted by molar-refractivity contribution is -0.136. The molecule has 0 saturated carbocycles. The first kappa shape index (κ1) is 42.0. The maximum Gasteiger partial charge on any atom is 0.488 e. The molecule has 320 valence electrons. The van der Waals surface area contributed by atoms with Gasteiger partial charge in [0.05, 0.1) is 6.61 Å².